The first-order valence-corrected chi connectivity index (χ1v) is 4.98. The van der Waals surface area contributed by atoms with Crippen molar-refractivity contribution >= 4 is 24.8 Å². The van der Waals surface area contributed by atoms with Crippen LogP contribution in [0, 0.1) is 5.82 Å². The summed E-state index contributed by atoms with van der Waals surface area (Å²) < 4.78 is 18.8. The van der Waals surface area contributed by atoms with Gasteiger partial charge in [0.2, 0.25) is 0 Å². The molecule has 0 aliphatic carbocycles. The van der Waals surface area contributed by atoms with Crippen LogP contribution in [0.5, 0.6) is 0 Å². The number of rotatable bonds is 3. The van der Waals surface area contributed by atoms with E-state index in [1.54, 1.807) is 0 Å². The van der Waals surface area contributed by atoms with Gasteiger partial charge in [0.25, 0.3) is 5.91 Å². The summed E-state index contributed by atoms with van der Waals surface area (Å²) >= 11 is 0. The number of aldehydes is 1. The Kier molecular flexibility index (Phi) is 3.21. The van der Waals surface area contributed by atoms with Gasteiger partial charge < -0.3 is 19.8 Å². The Labute approximate surface area is 96.7 Å². The molecule has 0 spiro atoms. The zero-order valence-electron chi connectivity index (χ0n) is 8.77. The minimum atomic E-state index is -1.34. The number of halogens is 1. The molecule has 2 rings (SSSR count). The van der Waals surface area contributed by atoms with Crippen molar-refractivity contribution in [3.8, 4) is 0 Å². The predicted octanol–water partition coefficient (Wildman–Crippen LogP) is -1.03. The van der Waals surface area contributed by atoms with E-state index in [4.69, 9.17) is 4.65 Å². The number of benzene rings is 1. The third kappa shape index (κ3) is 2.06. The molecule has 1 aliphatic rings. The molecule has 7 heteroatoms. The predicted molar refractivity (Wildman–Crippen MR) is 57.2 cm³/mol. The Balaban J connectivity index is 2.34. The molecule has 0 aromatic heterocycles. The van der Waals surface area contributed by atoms with Crippen LogP contribution in [0.3, 0.4) is 0 Å². The zero-order valence-corrected chi connectivity index (χ0v) is 8.77. The Morgan fingerprint density at radius 3 is 3.12 bits per heavy atom. The van der Waals surface area contributed by atoms with Crippen molar-refractivity contribution < 1.29 is 23.7 Å². The van der Waals surface area contributed by atoms with Crippen LogP contribution in [0.2, 0.25) is 0 Å². The molecule has 1 aromatic rings. The van der Waals surface area contributed by atoms with Crippen molar-refractivity contribution in [1.29, 1.82) is 0 Å². The lowest BCUT2D eigenvalue weighted by Gasteiger charge is -2.07. The van der Waals surface area contributed by atoms with Crippen molar-refractivity contribution in [2.24, 2.45) is 0 Å². The molecule has 2 N–H and O–H groups in total. The van der Waals surface area contributed by atoms with Crippen LogP contribution in [-0.2, 0) is 16.1 Å². The maximum Gasteiger partial charge on any atom is 0.494 e. The molecular weight excluding hydrogens is 228 g/mol. The van der Waals surface area contributed by atoms with Gasteiger partial charge in [0, 0.05) is 5.46 Å². The van der Waals surface area contributed by atoms with E-state index in [1.165, 1.54) is 12.1 Å². The molecule has 1 heterocycles. The zero-order chi connectivity index (χ0) is 12.4. The van der Waals surface area contributed by atoms with Crippen molar-refractivity contribution in [1.82, 2.24) is 5.32 Å². The van der Waals surface area contributed by atoms with Gasteiger partial charge >= 0.3 is 7.12 Å². The van der Waals surface area contributed by atoms with Gasteiger partial charge in [-0.2, -0.15) is 0 Å². The minimum absolute atomic E-state index is 0.0104. The lowest BCUT2D eigenvalue weighted by atomic mass is 9.78. The highest BCUT2D eigenvalue weighted by Crippen LogP contribution is 2.15. The maximum absolute atomic E-state index is 13.9. The molecule has 0 unspecified atom stereocenters. The van der Waals surface area contributed by atoms with E-state index in [0.29, 0.717) is 11.8 Å². The van der Waals surface area contributed by atoms with Gasteiger partial charge in [0.1, 0.15) is 12.1 Å². The molecule has 0 radical (unpaired) electrons. The van der Waals surface area contributed by atoms with Crippen LogP contribution < -0.4 is 10.8 Å². The maximum atomic E-state index is 13.9. The summed E-state index contributed by atoms with van der Waals surface area (Å²) in [6, 6.07) is 2.82. The molecular formula is C10H9BFNO4. The first-order valence-electron chi connectivity index (χ1n) is 4.98. The fourth-order valence-electron chi connectivity index (χ4n) is 1.68. The lowest BCUT2D eigenvalue weighted by molar-refractivity contribution is -0.107. The summed E-state index contributed by atoms with van der Waals surface area (Å²) in [7, 11) is -1.34. The second kappa shape index (κ2) is 4.64. The molecule has 88 valence electrons. The van der Waals surface area contributed by atoms with E-state index in [-0.39, 0.29) is 24.2 Å². The highest BCUT2D eigenvalue weighted by atomic mass is 19.1. The first-order chi connectivity index (χ1) is 8.15. The van der Waals surface area contributed by atoms with E-state index in [0.717, 1.165) is 0 Å². The molecule has 0 atom stereocenters. The smallest absolute Gasteiger partial charge is 0.423 e. The van der Waals surface area contributed by atoms with Crippen molar-refractivity contribution in [2.45, 2.75) is 6.61 Å². The molecule has 1 aromatic carbocycles. The highest BCUT2D eigenvalue weighted by molar-refractivity contribution is 6.61. The molecule has 0 fully saturated rings. The summed E-state index contributed by atoms with van der Waals surface area (Å²) in [5, 5.41) is 11.6. The average molecular weight is 237 g/mol. The molecule has 1 amide bonds. The van der Waals surface area contributed by atoms with E-state index >= 15 is 0 Å². The van der Waals surface area contributed by atoms with E-state index in [9.17, 15) is 19.0 Å². The lowest BCUT2D eigenvalue weighted by Crippen LogP contribution is -2.34. The van der Waals surface area contributed by atoms with Crippen LogP contribution in [0.15, 0.2) is 12.1 Å². The number of hydrogen-bond donors (Lipinski definition) is 2. The Hall–Kier alpha value is -1.73. The van der Waals surface area contributed by atoms with Gasteiger partial charge in [-0.05, 0) is 11.6 Å². The van der Waals surface area contributed by atoms with Gasteiger partial charge in [0.05, 0.1) is 18.7 Å². The average Bonchev–Trinajstić information content (AvgIpc) is 2.69. The van der Waals surface area contributed by atoms with Crippen molar-refractivity contribution in [3.63, 3.8) is 0 Å². The topological polar surface area (TPSA) is 75.6 Å². The van der Waals surface area contributed by atoms with Crippen molar-refractivity contribution in [2.75, 3.05) is 6.54 Å². The molecule has 1 aliphatic heterocycles. The monoisotopic (exact) mass is 237 g/mol. The summed E-state index contributed by atoms with van der Waals surface area (Å²) in [6.07, 6.45) is 0.501. The van der Waals surface area contributed by atoms with Crippen LogP contribution in [0.1, 0.15) is 15.9 Å². The highest BCUT2D eigenvalue weighted by Gasteiger charge is 2.33. The molecule has 0 bridgehead atoms. The second-order valence-corrected chi connectivity index (χ2v) is 3.54. The second-order valence-electron chi connectivity index (χ2n) is 3.54. The molecule has 5 nitrogen and oxygen atoms in total. The van der Waals surface area contributed by atoms with Crippen molar-refractivity contribution in [3.05, 3.63) is 29.1 Å². The largest absolute Gasteiger partial charge is 0.494 e. The van der Waals surface area contributed by atoms with Gasteiger partial charge in [-0.1, -0.05) is 6.07 Å². The normalized spacial score (nSPS) is 13.4. The summed E-state index contributed by atoms with van der Waals surface area (Å²) in [5.74, 6) is -1.51. The fourth-order valence-corrected chi connectivity index (χ4v) is 1.68. The quantitative estimate of drug-likeness (QED) is 0.520. The first kappa shape index (κ1) is 11.8. The van der Waals surface area contributed by atoms with Crippen LogP contribution >= 0.6 is 0 Å². The third-order valence-corrected chi connectivity index (χ3v) is 2.50. The summed E-state index contributed by atoms with van der Waals surface area (Å²) in [6.45, 7) is -0.0714. The van der Waals surface area contributed by atoms with Crippen LogP contribution in [0.4, 0.5) is 4.39 Å². The number of amides is 1. The third-order valence-electron chi connectivity index (χ3n) is 2.50. The number of hydrogen-bond acceptors (Lipinski definition) is 4. The van der Waals surface area contributed by atoms with Crippen LogP contribution in [-0.4, -0.2) is 30.9 Å². The summed E-state index contributed by atoms with van der Waals surface area (Å²) in [4.78, 5) is 21.6. The molecule has 17 heavy (non-hydrogen) atoms. The minimum Gasteiger partial charge on any atom is -0.423 e. The number of carbonyl (C=O) groups is 2. The molecule has 0 saturated carbocycles. The molecule has 0 saturated heterocycles. The van der Waals surface area contributed by atoms with Gasteiger partial charge in [-0.15, -0.1) is 0 Å². The Bertz CT molecular complexity index is 480. The number of nitrogens with one attached hydrogen (secondary N) is 1. The van der Waals surface area contributed by atoms with Gasteiger partial charge in [-0.3, -0.25) is 4.79 Å². The standard InChI is InChI=1S/C10H9BFNO4/c12-9-7(10(15)13-3-4-14)2-1-6-5-17-11(16)8(6)9/h1-2,4,16H,3,5H2,(H,13,15). The SMILES string of the molecule is O=CCNC(=O)c1ccc2c(c1F)B(O)OC2. The van der Waals surface area contributed by atoms with Gasteiger partial charge in [0.15, 0.2) is 0 Å². The van der Waals surface area contributed by atoms with Crippen LogP contribution in [0.25, 0.3) is 0 Å². The fraction of sp³-hybridized carbons (Fsp3) is 0.200. The number of carbonyl (C=O) groups excluding carboxylic acids is 2. The van der Waals surface area contributed by atoms with E-state index < -0.39 is 18.8 Å². The van der Waals surface area contributed by atoms with E-state index in [2.05, 4.69) is 5.32 Å². The van der Waals surface area contributed by atoms with E-state index in [1.807, 2.05) is 0 Å². The Morgan fingerprint density at radius 1 is 1.65 bits per heavy atom. The summed E-state index contributed by atoms with van der Waals surface area (Å²) in [5.41, 5.74) is 0.292. The van der Waals surface area contributed by atoms with Gasteiger partial charge in [-0.25, -0.2) is 4.39 Å². The Morgan fingerprint density at radius 2 is 2.41 bits per heavy atom. The number of fused-ring (bicyclic) bond motifs is 1.